The van der Waals surface area contributed by atoms with Crippen LogP contribution in [0.2, 0.25) is 0 Å². The Morgan fingerprint density at radius 1 is 1.14 bits per heavy atom. The highest BCUT2D eigenvalue weighted by Gasteiger charge is 2.17. The molecule has 1 aromatic carbocycles. The number of nitrogens with zero attached hydrogens (tertiary/aromatic N) is 6. The van der Waals surface area contributed by atoms with Crippen molar-refractivity contribution >= 4 is 34.7 Å². The van der Waals surface area contributed by atoms with Gasteiger partial charge in [-0.3, -0.25) is 4.79 Å². The summed E-state index contributed by atoms with van der Waals surface area (Å²) in [6, 6.07) is 10.9. The molecule has 4 heterocycles. The maximum Gasteiger partial charge on any atom is 0.256 e. The fraction of sp³-hybridized carbons (Fsp3) is 0.211. The van der Waals surface area contributed by atoms with E-state index in [-0.39, 0.29) is 5.91 Å². The third-order valence-electron chi connectivity index (χ3n) is 4.72. The first-order valence-electron chi connectivity index (χ1n) is 9.14. The number of hydrogen-bond acceptors (Lipinski definition) is 8. The highest BCUT2D eigenvalue weighted by molar-refractivity contribution is 7.03. The summed E-state index contributed by atoms with van der Waals surface area (Å²) in [6.07, 6.45) is 1.70. The molecule has 1 aliphatic rings. The molecule has 4 aromatic rings. The van der Waals surface area contributed by atoms with Crippen molar-refractivity contribution in [3.63, 3.8) is 0 Å². The molecule has 0 spiro atoms. The van der Waals surface area contributed by atoms with Gasteiger partial charge >= 0.3 is 0 Å². The quantitative estimate of drug-likeness (QED) is 0.554. The summed E-state index contributed by atoms with van der Waals surface area (Å²) in [5.74, 6) is 1.14. The Morgan fingerprint density at radius 2 is 1.97 bits per heavy atom. The number of fused-ring (bicyclic) bond motifs is 1. The van der Waals surface area contributed by atoms with E-state index in [2.05, 4.69) is 29.9 Å². The lowest BCUT2D eigenvalue weighted by molar-refractivity contribution is 0.102. The summed E-state index contributed by atoms with van der Waals surface area (Å²) in [4.78, 5) is 19.4. The van der Waals surface area contributed by atoms with Crippen LogP contribution in [-0.2, 0) is 4.74 Å². The average Bonchev–Trinajstić information content (AvgIpc) is 3.46. The number of carbonyl (C=O) groups is 1. The molecule has 0 saturated carbocycles. The predicted molar refractivity (Wildman–Crippen MR) is 109 cm³/mol. The van der Waals surface area contributed by atoms with Crippen LogP contribution in [0.25, 0.3) is 16.9 Å². The van der Waals surface area contributed by atoms with Crippen molar-refractivity contribution in [2.75, 3.05) is 36.5 Å². The monoisotopic (exact) mass is 407 g/mol. The number of carbonyl (C=O) groups excluding carboxylic acids is 1. The fourth-order valence-corrected chi connectivity index (χ4v) is 3.71. The van der Waals surface area contributed by atoms with Crippen LogP contribution in [0.1, 0.15) is 10.4 Å². The topological polar surface area (TPSA) is 97.5 Å². The molecular weight excluding hydrogens is 390 g/mol. The summed E-state index contributed by atoms with van der Waals surface area (Å²) >= 11 is 1.29. The van der Waals surface area contributed by atoms with Crippen molar-refractivity contribution in [3.8, 4) is 11.3 Å². The first-order chi connectivity index (χ1) is 14.3. The zero-order valence-corrected chi connectivity index (χ0v) is 16.2. The van der Waals surface area contributed by atoms with E-state index in [9.17, 15) is 4.79 Å². The molecule has 0 aliphatic carbocycles. The normalized spacial score (nSPS) is 14.3. The Morgan fingerprint density at radius 3 is 2.72 bits per heavy atom. The number of hydrogen-bond donors (Lipinski definition) is 1. The molecule has 146 valence electrons. The van der Waals surface area contributed by atoms with Crippen molar-refractivity contribution in [1.29, 1.82) is 0 Å². The first kappa shape index (κ1) is 17.7. The van der Waals surface area contributed by atoms with Gasteiger partial charge in [-0.1, -0.05) is 16.6 Å². The molecule has 10 heteroatoms. The van der Waals surface area contributed by atoms with Crippen LogP contribution < -0.4 is 10.2 Å². The number of anilines is 2. The molecule has 0 bridgehead atoms. The molecule has 29 heavy (non-hydrogen) atoms. The van der Waals surface area contributed by atoms with Crippen molar-refractivity contribution in [2.24, 2.45) is 0 Å². The molecule has 5 rings (SSSR count). The van der Waals surface area contributed by atoms with Gasteiger partial charge in [-0.15, -0.1) is 5.10 Å². The molecule has 3 aromatic heterocycles. The van der Waals surface area contributed by atoms with Gasteiger partial charge in [0, 0.05) is 41.7 Å². The maximum absolute atomic E-state index is 12.7. The van der Waals surface area contributed by atoms with E-state index in [0.717, 1.165) is 30.2 Å². The molecule has 1 fully saturated rings. The lowest BCUT2D eigenvalue weighted by atomic mass is 10.1. The minimum Gasteiger partial charge on any atom is -0.378 e. The van der Waals surface area contributed by atoms with Gasteiger partial charge in [-0.05, 0) is 23.7 Å². The molecule has 0 radical (unpaired) electrons. The van der Waals surface area contributed by atoms with Crippen LogP contribution in [0.15, 0.2) is 48.0 Å². The van der Waals surface area contributed by atoms with Gasteiger partial charge in [-0.25, -0.2) is 4.98 Å². The van der Waals surface area contributed by atoms with Crippen molar-refractivity contribution < 1.29 is 9.53 Å². The molecule has 1 aliphatic heterocycles. The van der Waals surface area contributed by atoms with Crippen molar-refractivity contribution in [1.82, 2.24) is 24.2 Å². The lowest BCUT2D eigenvalue weighted by Gasteiger charge is -2.29. The van der Waals surface area contributed by atoms with Crippen LogP contribution in [0.4, 0.5) is 11.6 Å². The second-order valence-electron chi connectivity index (χ2n) is 6.52. The van der Waals surface area contributed by atoms with Gasteiger partial charge in [0.15, 0.2) is 5.65 Å². The number of morpholine rings is 1. The predicted octanol–water partition coefficient (Wildman–Crippen LogP) is 2.34. The second-order valence-corrected chi connectivity index (χ2v) is 7.13. The van der Waals surface area contributed by atoms with Crippen molar-refractivity contribution in [2.45, 2.75) is 0 Å². The van der Waals surface area contributed by atoms with Gasteiger partial charge in [0.25, 0.3) is 5.91 Å². The molecular formula is C19H17N7O2S. The summed E-state index contributed by atoms with van der Waals surface area (Å²) in [5.41, 5.74) is 2.93. The molecule has 0 atom stereocenters. The molecule has 0 unspecified atom stereocenters. The lowest BCUT2D eigenvalue weighted by Crippen LogP contribution is -2.37. The van der Waals surface area contributed by atoms with E-state index in [1.807, 2.05) is 29.6 Å². The maximum atomic E-state index is 12.7. The van der Waals surface area contributed by atoms with E-state index in [1.165, 1.54) is 11.5 Å². The highest BCUT2D eigenvalue weighted by Crippen LogP contribution is 2.22. The number of benzene rings is 1. The second kappa shape index (κ2) is 7.57. The summed E-state index contributed by atoms with van der Waals surface area (Å²) in [7, 11) is 0. The van der Waals surface area contributed by atoms with Crippen LogP contribution in [0.3, 0.4) is 0 Å². The Balaban J connectivity index is 1.40. The van der Waals surface area contributed by atoms with Crippen LogP contribution in [0, 0.1) is 0 Å². The highest BCUT2D eigenvalue weighted by atomic mass is 32.1. The number of rotatable bonds is 4. The zero-order valence-electron chi connectivity index (χ0n) is 15.4. The van der Waals surface area contributed by atoms with Gasteiger partial charge in [0.1, 0.15) is 17.3 Å². The molecule has 1 N–H and O–H groups in total. The molecule has 9 nitrogen and oxygen atoms in total. The molecule has 1 amide bonds. The summed E-state index contributed by atoms with van der Waals surface area (Å²) in [6.45, 7) is 2.85. The smallest absolute Gasteiger partial charge is 0.256 e. The summed E-state index contributed by atoms with van der Waals surface area (Å²) < 4.78 is 11.1. The van der Waals surface area contributed by atoms with Gasteiger partial charge in [-0.2, -0.15) is 9.61 Å². The Kier molecular flexibility index (Phi) is 4.62. The first-order valence-corrected chi connectivity index (χ1v) is 9.98. The minimum absolute atomic E-state index is 0.225. The standard InChI is InChI=1S/C19H17N7O2S/c27-19(14-3-1-13(2-4-14)15-12-29-24-23-15)22-16-11-18(25-7-9-28-10-8-25)26-17(21-16)5-6-20-26/h1-6,11-12H,7-10H2,(H,21,22,27). The Labute approximate surface area is 170 Å². The number of nitrogens with one attached hydrogen (secondary N) is 1. The average molecular weight is 407 g/mol. The van der Waals surface area contributed by atoms with Gasteiger partial charge in [0.2, 0.25) is 0 Å². The van der Waals surface area contributed by atoms with Gasteiger partial charge in [0.05, 0.1) is 19.4 Å². The number of ether oxygens (including phenoxy) is 1. The third kappa shape index (κ3) is 3.55. The van der Waals surface area contributed by atoms with E-state index in [1.54, 1.807) is 22.8 Å². The summed E-state index contributed by atoms with van der Waals surface area (Å²) in [5, 5.41) is 13.2. The fourth-order valence-electron chi connectivity index (χ4n) is 3.25. The number of aromatic nitrogens is 5. The largest absolute Gasteiger partial charge is 0.378 e. The van der Waals surface area contributed by atoms with E-state index in [4.69, 9.17) is 4.74 Å². The SMILES string of the molecule is O=C(Nc1cc(N2CCOCC2)n2nccc2n1)c1ccc(-c2csnn2)cc1. The van der Waals surface area contributed by atoms with Crippen LogP contribution in [0.5, 0.6) is 0 Å². The van der Waals surface area contributed by atoms with E-state index in [0.29, 0.717) is 30.2 Å². The van der Waals surface area contributed by atoms with Crippen molar-refractivity contribution in [3.05, 3.63) is 53.5 Å². The zero-order chi connectivity index (χ0) is 19.6. The Bertz CT molecular complexity index is 1140. The third-order valence-corrected chi connectivity index (χ3v) is 5.22. The number of amides is 1. The Hall–Kier alpha value is -3.37. The van der Waals surface area contributed by atoms with E-state index < -0.39 is 0 Å². The van der Waals surface area contributed by atoms with Crippen LogP contribution >= 0.6 is 11.5 Å². The van der Waals surface area contributed by atoms with Crippen LogP contribution in [-0.4, -0.2) is 56.4 Å². The minimum atomic E-state index is -0.225. The van der Waals surface area contributed by atoms with Gasteiger partial charge < -0.3 is 15.0 Å². The molecule has 1 saturated heterocycles. The van der Waals surface area contributed by atoms with E-state index >= 15 is 0 Å².